The second kappa shape index (κ2) is 2.73. The molecule has 0 amide bonds. The lowest BCUT2D eigenvalue weighted by molar-refractivity contribution is -0.189. The van der Waals surface area contributed by atoms with Gasteiger partial charge in [0.05, 0.1) is 5.60 Å². The fraction of sp³-hybridized carbons (Fsp3) is 1.00. The first-order chi connectivity index (χ1) is 6.69. The lowest BCUT2D eigenvalue weighted by Gasteiger charge is -2.61. The number of rotatable bonds is 2. The topological polar surface area (TPSA) is 29.5 Å². The van der Waals surface area contributed by atoms with Crippen molar-refractivity contribution < 1.29 is 9.84 Å². The molecule has 0 radical (unpaired) electrons. The molecular weight excluding hydrogens is 176 g/mol. The van der Waals surface area contributed by atoms with E-state index in [-0.39, 0.29) is 11.0 Å². The Bertz CT molecular complexity index is 213. The maximum atomic E-state index is 9.59. The maximum absolute atomic E-state index is 9.59. The molecule has 0 aromatic heterocycles. The molecule has 14 heavy (non-hydrogen) atoms. The SMILES string of the molecule is COC12C[C@H]3C[C@@H](CC(CO)(C3)C1)C2. The Hall–Kier alpha value is -0.0800. The van der Waals surface area contributed by atoms with Crippen LogP contribution in [0.25, 0.3) is 0 Å². The molecule has 1 N–H and O–H groups in total. The van der Waals surface area contributed by atoms with Gasteiger partial charge in [-0.25, -0.2) is 0 Å². The van der Waals surface area contributed by atoms with Gasteiger partial charge >= 0.3 is 0 Å². The summed E-state index contributed by atoms with van der Waals surface area (Å²) in [5.74, 6) is 1.67. The Morgan fingerprint density at radius 1 is 1.21 bits per heavy atom. The van der Waals surface area contributed by atoms with E-state index in [4.69, 9.17) is 4.74 Å². The molecule has 0 unspecified atom stereocenters. The second-order valence-electron chi connectivity index (χ2n) is 6.01. The van der Waals surface area contributed by atoms with E-state index in [1.807, 2.05) is 7.11 Å². The van der Waals surface area contributed by atoms with Crippen LogP contribution >= 0.6 is 0 Å². The average molecular weight is 196 g/mol. The monoisotopic (exact) mass is 196 g/mol. The van der Waals surface area contributed by atoms with Crippen molar-refractivity contribution >= 4 is 0 Å². The van der Waals surface area contributed by atoms with Gasteiger partial charge in [-0.3, -0.25) is 0 Å². The third kappa shape index (κ3) is 1.10. The van der Waals surface area contributed by atoms with Crippen molar-refractivity contribution in [2.75, 3.05) is 13.7 Å². The number of methoxy groups -OCH3 is 1. The number of hydrogen-bond donors (Lipinski definition) is 1. The van der Waals surface area contributed by atoms with Gasteiger partial charge in [0.25, 0.3) is 0 Å². The molecule has 2 heteroatoms. The van der Waals surface area contributed by atoms with Crippen molar-refractivity contribution in [2.45, 2.75) is 44.1 Å². The smallest absolute Gasteiger partial charge is 0.0690 e. The first-order valence-corrected chi connectivity index (χ1v) is 5.85. The van der Waals surface area contributed by atoms with Crippen LogP contribution in [-0.2, 0) is 4.74 Å². The zero-order valence-corrected chi connectivity index (χ0v) is 8.96. The minimum atomic E-state index is 0.146. The summed E-state index contributed by atoms with van der Waals surface area (Å²) in [6, 6.07) is 0. The molecule has 0 saturated heterocycles. The summed E-state index contributed by atoms with van der Waals surface area (Å²) < 4.78 is 5.77. The molecule has 0 aliphatic heterocycles. The van der Waals surface area contributed by atoms with E-state index < -0.39 is 0 Å². The zero-order chi connectivity index (χ0) is 9.81. The summed E-state index contributed by atoms with van der Waals surface area (Å²) >= 11 is 0. The average Bonchev–Trinajstić information content (AvgIpc) is 2.16. The normalized spacial score (nSPS) is 55.3. The number of aliphatic hydroxyl groups excluding tert-OH is 1. The van der Waals surface area contributed by atoms with Crippen LogP contribution < -0.4 is 0 Å². The number of aliphatic hydroxyl groups is 1. The summed E-state index contributed by atoms with van der Waals surface area (Å²) in [5.41, 5.74) is 0.382. The summed E-state index contributed by atoms with van der Waals surface area (Å²) in [5, 5.41) is 9.59. The highest BCUT2D eigenvalue weighted by molar-refractivity contribution is 5.08. The molecule has 2 nitrogen and oxygen atoms in total. The lowest BCUT2D eigenvalue weighted by Crippen LogP contribution is -2.57. The van der Waals surface area contributed by atoms with E-state index >= 15 is 0 Å². The summed E-state index contributed by atoms with van der Waals surface area (Å²) in [4.78, 5) is 0. The third-order valence-corrected chi connectivity index (χ3v) is 4.90. The van der Waals surface area contributed by atoms with Crippen LogP contribution in [-0.4, -0.2) is 24.4 Å². The van der Waals surface area contributed by atoms with Crippen LogP contribution in [0.4, 0.5) is 0 Å². The van der Waals surface area contributed by atoms with Gasteiger partial charge in [-0.2, -0.15) is 0 Å². The first kappa shape index (κ1) is 9.17. The molecule has 4 rings (SSSR count). The Morgan fingerprint density at radius 3 is 2.36 bits per heavy atom. The van der Waals surface area contributed by atoms with Crippen LogP contribution in [0.1, 0.15) is 38.5 Å². The van der Waals surface area contributed by atoms with Gasteiger partial charge in [-0.1, -0.05) is 0 Å². The van der Waals surface area contributed by atoms with Gasteiger partial charge in [0, 0.05) is 13.7 Å². The van der Waals surface area contributed by atoms with E-state index in [1.54, 1.807) is 0 Å². The molecule has 4 fully saturated rings. The van der Waals surface area contributed by atoms with Crippen LogP contribution in [0.15, 0.2) is 0 Å². The first-order valence-electron chi connectivity index (χ1n) is 5.85. The third-order valence-electron chi connectivity index (χ3n) is 4.90. The van der Waals surface area contributed by atoms with Gasteiger partial charge in [0.15, 0.2) is 0 Å². The summed E-state index contributed by atoms with van der Waals surface area (Å²) in [7, 11) is 1.86. The molecule has 4 aliphatic carbocycles. The maximum Gasteiger partial charge on any atom is 0.0690 e. The van der Waals surface area contributed by atoms with E-state index in [0.29, 0.717) is 6.61 Å². The largest absolute Gasteiger partial charge is 0.396 e. The Labute approximate surface area is 85.6 Å². The van der Waals surface area contributed by atoms with Crippen LogP contribution in [0.3, 0.4) is 0 Å². The van der Waals surface area contributed by atoms with Crippen molar-refractivity contribution in [1.82, 2.24) is 0 Å². The van der Waals surface area contributed by atoms with Gasteiger partial charge in [0.2, 0.25) is 0 Å². The van der Waals surface area contributed by atoms with Gasteiger partial charge in [0.1, 0.15) is 0 Å². The molecule has 4 bridgehead atoms. The molecule has 4 saturated carbocycles. The second-order valence-corrected chi connectivity index (χ2v) is 6.01. The fourth-order valence-corrected chi connectivity index (χ4v) is 4.79. The van der Waals surface area contributed by atoms with Crippen molar-refractivity contribution in [3.63, 3.8) is 0 Å². The lowest BCUT2D eigenvalue weighted by atomic mass is 9.48. The van der Waals surface area contributed by atoms with Crippen LogP contribution in [0.5, 0.6) is 0 Å². The quantitative estimate of drug-likeness (QED) is 0.731. The minimum Gasteiger partial charge on any atom is -0.396 e. The van der Waals surface area contributed by atoms with Gasteiger partial charge in [-0.05, 0) is 55.8 Å². The summed E-state index contributed by atoms with van der Waals surface area (Å²) in [6.07, 6.45) is 7.52. The van der Waals surface area contributed by atoms with Crippen LogP contribution in [0.2, 0.25) is 0 Å². The number of ether oxygens (including phenoxy) is 1. The number of hydrogen-bond acceptors (Lipinski definition) is 2. The summed E-state index contributed by atoms with van der Waals surface area (Å²) in [6.45, 7) is 0.380. The van der Waals surface area contributed by atoms with E-state index in [9.17, 15) is 5.11 Å². The molecule has 2 atom stereocenters. The van der Waals surface area contributed by atoms with Crippen molar-refractivity contribution in [3.8, 4) is 0 Å². The van der Waals surface area contributed by atoms with Crippen LogP contribution in [0, 0.1) is 17.3 Å². The van der Waals surface area contributed by atoms with Gasteiger partial charge < -0.3 is 9.84 Å². The predicted molar refractivity (Wildman–Crippen MR) is 53.9 cm³/mol. The molecular formula is C12H20O2. The molecule has 0 aromatic carbocycles. The van der Waals surface area contributed by atoms with Gasteiger partial charge in [-0.15, -0.1) is 0 Å². The minimum absolute atomic E-state index is 0.146. The molecule has 4 aliphatic rings. The van der Waals surface area contributed by atoms with E-state index in [2.05, 4.69) is 0 Å². The Balaban J connectivity index is 1.94. The molecule has 0 aromatic rings. The Morgan fingerprint density at radius 2 is 1.86 bits per heavy atom. The highest BCUT2D eigenvalue weighted by atomic mass is 16.5. The fourth-order valence-electron chi connectivity index (χ4n) is 4.79. The van der Waals surface area contributed by atoms with E-state index in [1.165, 1.54) is 32.1 Å². The highest BCUT2D eigenvalue weighted by Gasteiger charge is 2.57. The molecule has 0 spiro atoms. The standard InChI is InChI=1S/C12H20O2/c1-14-12-5-9-2-10(6-12)4-11(3-9,7-12)8-13/h9-10,13H,2-8H2,1H3/t9-,10-,11?,12?/m0/s1. The van der Waals surface area contributed by atoms with Crippen molar-refractivity contribution in [2.24, 2.45) is 17.3 Å². The van der Waals surface area contributed by atoms with E-state index in [0.717, 1.165) is 18.3 Å². The zero-order valence-electron chi connectivity index (χ0n) is 8.96. The predicted octanol–water partition coefficient (Wildman–Crippen LogP) is 1.96. The highest BCUT2D eigenvalue weighted by Crippen LogP contribution is 2.62. The van der Waals surface area contributed by atoms with Crippen molar-refractivity contribution in [1.29, 1.82) is 0 Å². The van der Waals surface area contributed by atoms with Crippen molar-refractivity contribution in [3.05, 3.63) is 0 Å². The molecule has 80 valence electrons. The molecule has 0 heterocycles. The Kier molecular flexibility index (Phi) is 1.79.